The van der Waals surface area contributed by atoms with Crippen LogP contribution in [0.2, 0.25) is 5.02 Å². The van der Waals surface area contributed by atoms with Crippen molar-refractivity contribution in [2.75, 3.05) is 4.72 Å². The minimum absolute atomic E-state index is 0.117. The summed E-state index contributed by atoms with van der Waals surface area (Å²) in [6, 6.07) is 20.2. The molecule has 7 nitrogen and oxygen atoms in total. The van der Waals surface area contributed by atoms with Gasteiger partial charge in [0.15, 0.2) is 0 Å². The number of nitrogens with one attached hydrogen (secondary N) is 2. The summed E-state index contributed by atoms with van der Waals surface area (Å²) in [5.41, 5.74) is 3.26. The Kier molecular flexibility index (Phi) is 6.22. The van der Waals surface area contributed by atoms with Crippen LogP contribution >= 0.6 is 11.6 Å². The smallest absolute Gasteiger partial charge is 0.280 e. The molecule has 0 amide bonds. The quantitative estimate of drug-likeness (QED) is 0.380. The molecule has 0 bridgehead atoms. The molecule has 0 atom stereocenters. The van der Waals surface area contributed by atoms with Gasteiger partial charge in [0.2, 0.25) is 0 Å². The molecule has 0 spiro atoms. The van der Waals surface area contributed by atoms with E-state index < -0.39 is 10.0 Å². The van der Waals surface area contributed by atoms with Crippen LogP contribution in [0.3, 0.4) is 0 Å². The largest absolute Gasteiger partial charge is 0.295 e. The van der Waals surface area contributed by atoms with Crippen LogP contribution in [-0.4, -0.2) is 24.4 Å². The Hall–Kier alpha value is -3.62. The van der Waals surface area contributed by atoms with Crippen molar-refractivity contribution in [1.82, 2.24) is 9.78 Å². The highest BCUT2D eigenvalue weighted by Gasteiger charge is 2.15. The molecule has 0 aliphatic carbocycles. The summed E-state index contributed by atoms with van der Waals surface area (Å²) < 4.78 is 29.4. The van der Waals surface area contributed by atoms with Crippen LogP contribution in [0.25, 0.3) is 5.69 Å². The number of nitrogens with zero attached hydrogens (tertiary/aromatic N) is 2. The molecule has 0 saturated heterocycles. The molecule has 0 fully saturated rings. The number of aromatic nitrogens is 2. The number of aryl methyl sites for hydroxylation is 2. The fourth-order valence-electron chi connectivity index (χ4n) is 3.25. The van der Waals surface area contributed by atoms with Gasteiger partial charge in [0.25, 0.3) is 15.6 Å². The van der Waals surface area contributed by atoms with Crippen LogP contribution in [0.5, 0.6) is 0 Å². The van der Waals surface area contributed by atoms with Crippen molar-refractivity contribution in [2.45, 2.75) is 18.7 Å². The number of rotatable bonds is 6. The zero-order valence-electron chi connectivity index (χ0n) is 17.9. The Morgan fingerprint density at radius 2 is 1.73 bits per heavy atom. The molecule has 9 heteroatoms. The van der Waals surface area contributed by atoms with E-state index in [4.69, 9.17) is 11.6 Å². The van der Waals surface area contributed by atoms with Crippen molar-refractivity contribution in [1.29, 1.82) is 0 Å². The third kappa shape index (κ3) is 4.92. The number of sulfonamides is 1. The summed E-state index contributed by atoms with van der Waals surface area (Å²) in [5.74, 6) is 0. The Morgan fingerprint density at radius 1 is 1.00 bits per heavy atom. The molecular weight excluding hydrogens is 460 g/mol. The van der Waals surface area contributed by atoms with Gasteiger partial charge in [-0.15, -0.1) is 0 Å². The Morgan fingerprint density at radius 3 is 2.42 bits per heavy atom. The molecule has 1 aromatic heterocycles. The summed E-state index contributed by atoms with van der Waals surface area (Å²) in [4.78, 5) is 17.3. The van der Waals surface area contributed by atoms with Crippen LogP contribution in [0, 0.1) is 13.8 Å². The average molecular weight is 481 g/mol. The number of para-hydroxylation sites is 1. The lowest BCUT2D eigenvalue weighted by molar-refractivity contribution is 0.601. The lowest BCUT2D eigenvalue weighted by Crippen LogP contribution is -2.17. The van der Waals surface area contributed by atoms with Crippen molar-refractivity contribution in [3.05, 3.63) is 105 Å². The fourth-order valence-corrected chi connectivity index (χ4v) is 4.57. The number of aliphatic imine (C=N–C) groups is 1. The normalized spacial score (nSPS) is 11.7. The van der Waals surface area contributed by atoms with Crippen molar-refractivity contribution in [3.8, 4) is 5.69 Å². The maximum absolute atomic E-state index is 12.8. The van der Waals surface area contributed by atoms with Crippen LogP contribution in [-0.2, 0) is 10.0 Å². The summed E-state index contributed by atoms with van der Waals surface area (Å²) in [7, 11) is -3.73. The van der Waals surface area contributed by atoms with Gasteiger partial charge in [0.1, 0.15) is 0 Å². The monoisotopic (exact) mass is 480 g/mol. The number of benzene rings is 3. The Bertz CT molecular complexity index is 1500. The van der Waals surface area contributed by atoms with Crippen LogP contribution in [0.1, 0.15) is 16.8 Å². The van der Waals surface area contributed by atoms with Gasteiger partial charge in [-0.2, -0.15) is 0 Å². The van der Waals surface area contributed by atoms with Crippen molar-refractivity contribution < 1.29 is 8.42 Å². The van der Waals surface area contributed by atoms with E-state index in [0.717, 1.165) is 5.56 Å². The molecule has 0 radical (unpaired) electrons. The Labute approximate surface area is 196 Å². The highest BCUT2D eigenvalue weighted by atomic mass is 35.5. The second-order valence-electron chi connectivity index (χ2n) is 7.44. The van der Waals surface area contributed by atoms with Gasteiger partial charge >= 0.3 is 0 Å². The van der Waals surface area contributed by atoms with E-state index in [1.807, 2.05) is 19.1 Å². The van der Waals surface area contributed by atoms with Gasteiger partial charge in [-0.05, 0) is 67.9 Å². The molecule has 0 aliphatic heterocycles. The number of halogens is 1. The summed E-state index contributed by atoms with van der Waals surface area (Å²) >= 11 is 6.03. The zero-order chi connectivity index (χ0) is 23.6. The van der Waals surface area contributed by atoms with Gasteiger partial charge in [-0.25, -0.2) is 13.1 Å². The van der Waals surface area contributed by atoms with Crippen molar-refractivity contribution >= 4 is 39.2 Å². The Balaban J connectivity index is 1.56. The van der Waals surface area contributed by atoms with E-state index in [1.54, 1.807) is 55.5 Å². The van der Waals surface area contributed by atoms with Gasteiger partial charge in [0.05, 0.1) is 27.5 Å². The summed E-state index contributed by atoms with van der Waals surface area (Å²) in [6.07, 6.45) is 1.46. The van der Waals surface area contributed by atoms with E-state index in [-0.39, 0.29) is 10.5 Å². The third-order valence-electron chi connectivity index (χ3n) is 5.06. The molecule has 2 N–H and O–H groups in total. The zero-order valence-corrected chi connectivity index (χ0v) is 19.5. The first-order valence-corrected chi connectivity index (χ1v) is 11.9. The molecule has 0 saturated carbocycles. The summed E-state index contributed by atoms with van der Waals surface area (Å²) in [5, 5.41) is 3.54. The highest BCUT2D eigenvalue weighted by Crippen LogP contribution is 2.21. The van der Waals surface area contributed by atoms with E-state index in [1.165, 1.54) is 23.0 Å². The molecule has 3 aromatic carbocycles. The van der Waals surface area contributed by atoms with E-state index in [0.29, 0.717) is 33.3 Å². The second kappa shape index (κ2) is 9.09. The van der Waals surface area contributed by atoms with E-state index in [2.05, 4.69) is 14.8 Å². The van der Waals surface area contributed by atoms with Crippen LogP contribution in [0.4, 0.5) is 11.4 Å². The minimum atomic E-state index is -3.73. The first-order valence-electron chi connectivity index (χ1n) is 10.0. The summed E-state index contributed by atoms with van der Waals surface area (Å²) in [6.45, 7) is 3.61. The van der Waals surface area contributed by atoms with Gasteiger partial charge < -0.3 is 0 Å². The number of H-pyrrole nitrogens is 1. The number of hydrogen-bond acceptors (Lipinski definition) is 4. The SMILES string of the molecule is Cc1ccccc1NS(=O)(=O)c1ccc(N=Cc2c(C)[nH]n(-c3cccc(Cl)c3)c2=O)cc1. The standard InChI is InChI=1S/C24H21ClN4O3S/c1-16-6-3-4-9-23(16)28-33(31,32)21-12-10-19(11-13-21)26-15-22-17(2)27-29(24(22)30)20-8-5-7-18(25)14-20/h3-15,27-28H,1-2H3. The highest BCUT2D eigenvalue weighted by molar-refractivity contribution is 7.92. The molecule has 33 heavy (non-hydrogen) atoms. The van der Waals surface area contributed by atoms with Gasteiger partial charge in [0, 0.05) is 16.9 Å². The first kappa shape index (κ1) is 22.6. The molecule has 1 heterocycles. The van der Waals surface area contributed by atoms with Gasteiger partial charge in [-0.3, -0.25) is 19.6 Å². The number of hydrogen-bond donors (Lipinski definition) is 2. The van der Waals surface area contributed by atoms with Crippen LogP contribution < -0.4 is 10.3 Å². The first-order chi connectivity index (χ1) is 15.7. The minimum Gasteiger partial charge on any atom is -0.295 e. The molecule has 168 valence electrons. The average Bonchev–Trinajstić information content (AvgIpc) is 3.07. The predicted octanol–water partition coefficient (Wildman–Crippen LogP) is 4.99. The van der Waals surface area contributed by atoms with Crippen molar-refractivity contribution in [3.63, 3.8) is 0 Å². The molecule has 0 unspecified atom stereocenters. The van der Waals surface area contributed by atoms with E-state index in [9.17, 15) is 13.2 Å². The van der Waals surface area contributed by atoms with Crippen LogP contribution in [0.15, 0.2) is 87.5 Å². The lowest BCUT2D eigenvalue weighted by atomic mass is 10.2. The predicted molar refractivity (Wildman–Crippen MR) is 132 cm³/mol. The maximum Gasteiger partial charge on any atom is 0.280 e. The maximum atomic E-state index is 12.8. The molecule has 0 aliphatic rings. The lowest BCUT2D eigenvalue weighted by Gasteiger charge is -2.10. The van der Waals surface area contributed by atoms with E-state index >= 15 is 0 Å². The second-order valence-corrected chi connectivity index (χ2v) is 9.56. The topological polar surface area (TPSA) is 96.3 Å². The molecule has 4 aromatic rings. The van der Waals surface area contributed by atoms with Gasteiger partial charge in [-0.1, -0.05) is 35.9 Å². The molecular formula is C24H21ClN4O3S. The van der Waals surface area contributed by atoms with Crippen molar-refractivity contribution in [2.24, 2.45) is 4.99 Å². The number of anilines is 1. The molecule has 4 rings (SSSR count). The third-order valence-corrected chi connectivity index (χ3v) is 6.68. The fraction of sp³-hybridized carbons (Fsp3) is 0.0833. The number of aromatic amines is 1.